The molecule has 0 aliphatic rings. The molecule has 5 nitrogen and oxygen atoms in total. The van der Waals surface area contributed by atoms with Crippen molar-refractivity contribution in [3.05, 3.63) is 66.9 Å². The summed E-state index contributed by atoms with van der Waals surface area (Å²) in [6, 6.07) is 12.8. The van der Waals surface area contributed by atoms with E-state index in [4.69, 9.17) is 4.42 Å². The lowest BCUT2D eigenvalue weighted by Gasteiger charge is -2.04. The first kappa shape index (κ1) is 13.7. The molecule has 112 valence electrons. The predicted molar refractivity (Wildman–Crippen MR) is 89.5 cm³/mol. The largest absolute Gasteiger partial charge is 0.459 e. The van der Waals surface area contributed by atoms with Crippen LogP contribution in [0.25, 0.3) is 20.8 Å². The molecule has 1 N–H and O–H groups in total. The van der Waals surface area contributed by atoms with Gasteiger partial charge in [0.25, 0.3) is 5.91 Å². The third-order valence-electron chi connectivity index (χ3n) is 3.30. The molecule has 0 saturated carbocycles. The molecule has 4 rings (SSSR count). The van der Waals surface area contributed by atoms with Crippen LogP contribution in [0.2, 0.25) is 0 Å². The van der Waals surface area contributed by atoms with Crippen molar-refractivity contribution in [2.45, 2.75) is 0 Å². The van der Waals surface area contributed by atoms with Gasteiger partial charge >= 0.3 is 0 Å². The van der Waals surface area contributed by atoms with Crippen LogP contribution in [0.15, 0.2) is 65.5 Å². The Kier molecular flexibility index (Phi) is 3.36. The van der Waals surface area contributed by atoms with Crippen LogP contribution in [-0.2, 0) is 0 Å². The molecular formula is C17H11N3O2S. The lowest BCUT2D eigenvalue weighted by atomic mass is 10.2. The molecule has 6 heteroatoms. The molecule has 0 atom stereocenters. The number of hydrogen-bond acceptors (Lipinski definition) is 5. The van der Waals surface area contributed by atoms with Gasteiger partial charge in [-0.05, 0) is 30.3 Å². The van der Waals surface area contributed by atoms with E-state index in [1.807, 2.05) is 30.3 Å². The highest BCUT2D eigenvalue weighted by molar-refractivity contribution is 7.21. The van der Waals surface area contributed by atoms with Gasteiger partial charge in [0.05, 0.1) is 16.5 Å². The summed E-state index contributed by atoms with van der Waals surface area (Å²) in [5.74, 6) is 0.00196. The van der Waals surface area contributed by atoms with Gasteiger partial charge in [-0.25, -0.2) is 4.98 Å². The second kappa shape index (κ2) is 5.66. The number of hydrogen-bond donors (Lipinski definition) is 1. The zero-order valence-corrected chi connectivity index (χ0v) is 12.7. The number of aromatic nitrogens is 2. The first-order valence-corrected chi connectivity index (χ1v) is 7.77. The number of pyridine rings is 1. The molecule has 0 spiro atoms. The Labute approximate surface area is 135 Å². The second-order valence-electron chi connectivity index (χ2n) is 4.87. The highest BCUT2D eigenvalue weighted by Crippen LogP contribution is 2.30. The Morgan fingerprint density at radius 3 is 2.96 bits per heavy atom. The van der Waals surface area contributed by atoms with Crippen molar-refractivity contribution in [2.75, 3.05) is 5.32 Å². The number of anilines is 1. The van der Waals surface area contributed by atoms with E-state index in [1.54, 1.807) is 35.9 Å². The third kappa shape index (κ3) is 2.72. The molecule has 3 heterocycles. The van der Waals surface area contributed by atoms with Crippen molar-refractivity contribution in [1.29, 1.82) is 0 Å². The van der Waals surface area contributed by atoms with E-state index in [0.29, 0.717) is 5.69 Å². The summed E-state index contributed by atoms with van der Waals surface area (Å²) in [4.78, 5) is 20.7. The number of amides is 1. The van der Waals surface area contributed by atoms with Crippen molar-refractivity contribution >= 4 is 33.1 Å². The molecule has 23 heavy (non-hydrogen) atoms. The fourth-order valence-electron chi connectivity index (χ4n) is 2.23. The number of benzene rings is 1. The molecule has 1 aromatic carbocycles. The second-order valence-corrected chi connectivity index (χ2v) is 5.91. The molecule has 0 saturated heterocycles. The maximum absolute atomic E-state index is 12.0. The van der Waals surface area contributed by atoms with Crippen LogP contribution in [0, 0.1) is 0 Å². The summed E-state index contributed by atoms with van der Waals surface area (Å²) in [7, 11) is 0. The van der Waals surface area contributed by atoms with Crippen molar-refractivity contribution < 1.29 is 9.21 Å². The van der Waals surface area contributed by atoms with Crippen molar-refractivity contribution in [3.63, 3.8) is 0 Å². The molecule has 0 fully saturated rings. The highest BCUT2D eigenvalue weighted by atomic mass is 32.1. The number of carbonyl (C=O) groups excluding carboxylic acids is 1. The molecular weight excluding hydrogens is 310 g/mol. The lowest BCUT2D eigenvalue weighted by Crippen LogP contribution is -2.10. The van der Waals surface area contributed by atoms with Crippen LogP contribution in [0.5, 0.6) is 0 Å². The van der Waals surface area contributed by atoms with E-state index in [1.165, 1.54) is 6.26 Å². The molecule has 0 radical (unpaired) electrons. The van der Waals surface area contributed by atoms with Crippen LogP contribution in [-0.4, -0.2) is 15.9 Å². The van der Waals surface area contributed by atoms with Gasteiger partial charge in [0, 0.05) is 23.6 Å². The standard InChI is InChI=1S/C17H11N3O2S/c21-16(14-5-2-8-22-14)19-12-4-1-3-11(9-12)17-20-13-6-7-18-10-15(13)23-17/h1-10H,(H,19,21). The Morgan fingerprint density at radius 1 is 1.17 bits per heavy atom. The van der Waals surface area contributed by atoms with Gasteiger partial charge in [0.15, 0.2) is 5.76 Å². The van der Waals surface area contributed by atoms with Gasteiger partial charge in [0.1, 0.15) is 5.01 Å². The summed E-state index contributed by atoms with van der Waals surface area (Å²) in [5.41, 5.74) is 2.56. The maximum atomic E-state index is 12.0. The molecule has 3 aromatic heterocycles. The Balaban J connectivity index is 1.64. The van der Waals surface area contributed by atoms with Crippen LogP contribution in [0.3, 0.4) is 0 Å². The van der Waals surface area contributed by atoms with E-state index < -0.39 is 0 Å². The molecule has 0 aliphatic heterocycles. The fraction of sp³-hybridized carbons (Fsp3) is 0. The average molecular weight is 321 g/mol. The average Bonchev–Trinajstić information content (AvgIpc) is 3.24. The van der Waals surface area contributed by atoms with Gasteiger partial charge in [-0.2, -0.15) is 0 Å². The van der Waals surface area contributed by atoms with E-state index in [9.17, 15) is 4.79 Å². The quantitative estimate of drug-likeness (QED) is 0.614. The number of furan rings is 1. The van der Waals surface area contributed by atoms with Crippen molar-refractivity contribution in [1.82, 2.24) is 9.97 Å². The molecule has 0 unspecified atom stereocenters. The number of fused-ring (bicyclic) bond motifs is 1. The Bertz CT molecular complexity index is 943. The monoisotopic (exact) mass is 321 g/mol. The molecule has 0 bridgehead atoms. The molecule has 4 aromatic rings. The number of carbonyl (C=O) groups is 1. The zero-order valence-electron chi connectivity index (χ0n) is 11.9. The maximum Gasteiger partial charge on any atom is 0.291 e. The fourth-order valence-corrected chi connectivity index (χ4v) is 3.16. The number of nitrogens with zero attached hydrogens (tertiary/aromatic N) is 2. The molecule has 1 amide bonds. The van der Waals surface area contributed by atoms with Gasteiger partial charge in [-0.1, -0.05) is 12.1 Å². The third-order valence-corrected chi connectivity index (χ3v) is 4.36. The van der Waals surface area contributed by atoms with Crippen LogP contribution in [0.4, 0.5) is 5.69 Å². The van der Waals surface area contributed by atoms with Crippen LogP contribution < -0.4 is 5.32 Å². The minimum absolute atomic E-state index is 0.277. The topological polar surface area (TPSA) is 68.0 Å². The Hall–Kier alpha value is -2.99. The lowest BCUT2D eigenvalue weighted by molar-refractivity contribution is 0.0996. The normalized spacial score (nSPS) is 10.8. The summed E-state index contributed by atoms with van der Waals surface area (Å²) < 4.78 is 6.13. The van der Waals surface area contributed by atoms with E-state index in [0.717, 1.165) is 20.8 Å². The van der Waals surface area contributed by atoms with Crippen LogP contribution in [0.1, 0.15) is 10.6 Å². The van der Waals surface area contributed by atoms with E-state index >= 15 is 0 Å². The SMILES string of the molecule is O=C(Nc1cccc(-c2nc3ccncc3s2)c1)c1ccco1. The van der Waals surface area contributed by atoms with Gasteiger partial charge in [0.2, 0.25) is 0 Å². The van der Waals surface area contributed by atoms with Gasteiger partial charge < -0.3 is 9.73 Å². The summed E-state index contributed by atoms with van der Waals surface area (Å²) in [5, 5.41) is 3.71. The first-order chi connectivity index (χ1) is 11.3. The van der Waals surface area contributed by atoms with Gasteiger partial charge in [-0.3, -0.25) is 9.78 Å². The van der Waals surface area contributed by atoms with Crippen molar-refractivity contribution in [3.8, 4) is 10.6 Å². The zero-order chi connectivity index (χ0) is 15.6. The number of thiazole rings is 1. The minimum Gasteiger partial charge on any atom is -0.459 e. The summed E-state index contributed by atoms with van der Waals surface area (Å²) in [6.07, 6.45) is 5.01. The number of rotatable bonds is 3. The minimum atomic E-state index is -0.277. The summed E-state index contributed by atoms with van der Waals surface area (Å²) >= 11 is 1.57. The summed E-state index contributed by atoms with van der Waals surface area (Å²) in [6.45, 7) is 0. The smallest absolute Gasteiger partial charge is 0.291 e. The van der Waals surface area contributed by atoms with E-state index in [2.05, 4.69) is 15.3 Å². The Morgan fingerprint density at radius 2 is 2.13 bits per heavy atom. The highest BCUT2D eigenvalue weighted by Gasteiger charge is 2.10. The predicted octanol–water partition coefficient (Wildman–Crippen LogP) is 4.20. The first-order valence-electron chi connectivity index (χ1n) is 6.95. The molecule has 0 aliphatic carbocycles. The van der Waals surface area contributed by atoms with Crippen molar-refractivity contribution in [2.24, 2.45) is 0 Å². The number of nitrogens with one attached hydrogen (secondary N) is 1. The van der Waals surface area contributed by atoms with E-state index in [-0.39, 0.29) is 11.7 Å². The van der Waals surface area contributed by atoms with Gasteiger partial charge in [-0.15, -0.1) is 11.3 Å². The van der Waals surface area contributed by atoms with Crippen LogP contribution >= 0.6 is 11.3 Å².